The molecule has 0 saturated heterocycles. The zero-order valence-electron chi connectivity index (χ0n) is 8.87. The van der Waals surface area contributed by atoms with Gasteiger partial charge in [-0.25, -0.2) is 0 Å². The summed E-state index contributed by atoms with van der Waals surface area (Å²) in [7, 11) is 2.89. The summed E-state index contributed by atoms with van der Waals surface area (Å²) in [6.45, 7) is 3.52. The second kappa shape index (κ2) is 4.02. The Labute approximate surface area is 83.5 Å². The average molecular weight is 200 g/mol. The van der Waals surface area contributed by atoms with Gasteiger partial charge in [0.2, 0.25) is 0 Å². The lowest BCUT2D eigenvalue weighted by atomic mass is 9.92. The molecular formula is C10H16O4. The molecule has 1 rings (SSSR count). The van der Waals surface area contributed by atoms with Gasteiger partial charge in [-0.1, -0.05) is 0 Å². The van der Waals surface area contributed by atoms with Gasteiger partial charge in [0, 0.05) is 0 Å². The van der Waals surface area contributed by atoms with E-state index in [1.807, 2.05) is 0 Å². The van der Waals surface area contributed by atoms with Gasteiger partial charge in [-0.3, -0.25) is 0 Å². The topological polar surface area (TPSA) is 58.9 Å². The predicted molar refractivity (Wildman–Crippen MR) is 51.4 cm³/mol. The van der Waals surface area contributed by atoms with Gasteiger partial charge in [-0.15, -0.1) is 0 Å². The van der Waals surface area contributed by atoms with Gasteiger partial charge in [0.25, 0.3) is 0 Å². The zero-order chi connectivity index (χ0) is 10.9. The van der Waals surface area contributed by atoms with Crippen molar-refractivity contribution < 1.29 is 19.7 Å². The van der Waals surface area contributed by atoms with Gasteiger partial charge in [-0.05, 0) is 25.0 Å². The maximum absolute atomic E-state index is 9.80. The highest BCUT2D eigenvalue weighted by atomic mass is 16.5. The molecule has 1 aliphatic carbocycles. The van der Waals surface area contributed by atoms with E-state index in [1.165, 1.54) is 14.2 Å². The van der Waals surface area contributed by atoms with Crippen LogP contribution in [0.15, 0.2) is 22.7 Å². The number of rotatable bonds is 2. The van der Waals surface area contributed by atoms with Gasteiger partial charge >= 0.3 is 0 Å². The molecule has 0 spiro atoms. The summed E-state index contributed by atoms with van der Waals surface area (Å²) in [5.74, 6) is 0.561. The molecule has 2 unspecified atom stereocenters. The molecule has 0 aromatic carbocycles. The van der Waals surface area contributed by atoms with Crippen molar-refractivity contribution in [1.82, 2.24) is 0 Å². The molecule has 80 valence electrons. The Balaban J connectivity index is 3.16. The van der Waals surface area contributed by atoms with Crippen LogP contribution in [0, 0.1) is 0 Å². The van der Waals surface area contributed by atoms with Crippen LogP contribution in [-0.4, -0.2) is 36.6 Å². The number of aliphatic hydroxyl groups excluding tert-OH is 2. The summed E-state index contributed by atoms with van der Waals surface area (Å²) in [5.41, 5.74) is 1.41. The fraction of sp³-hybridized carbons (Fsp3) is 0.600. The van der Waals surface area contributed by atoms with Gasteiger partial charge < -0.3 is 19.7 Å². The summed E-state index contributed by atoms with van der Waals surface area (Å²) in [4.78, 5) is 0. The summed E-state index contributed by atoms with van der Waals surface area (Å²) in [6.07, 6.45) is -1.64. The van der Waals surface area contributed by atoms with Crippen molar-refractivity contribution >= 4 is 0 Å². The van der Waals surface area contributed by atoms with Gasteiger partial charge in [0.15, 0.2) is 11.5 Å². The second-order valence-electron chi connectivity index (χ2n) is 3.31. The predicted octanol–water partition coefficient (Wildman–Crippen LogP) is 0.563. The lowest BCUT2D eigenvalue weighted by molar-refractivity contribution is 0.0803. The van der Waals surface area contributed by atoms with Crippen LogP contribution in [0.3, 0.4) is 0 Å². The average Bonchev–Trinajstić information content (AvgIpc) is 2.20. The van der Waals surface area contributed by atoms with Crippen molar-refractivity contribution in [1.29, 1.82) is 0 Å². The lowest BCUT2D eigenvalue weighted by Crippen LogP contribution is -2.30. The highest BCUT2D eigenvalue weighted by Crippen LogP contribution is 2.30. The molecule has 2 atom stereocenters. The van der Waals surface area contributed by atoms with Crippen LogP contribution >= 0.6 is 0 Å². The molecule has 0 radical (unpaired) electrons. The van der Waals surface area contributed by atoms with E-state index in [-0.39, 0.29) is 11.5 Å². The molecule has 0 heterocycles. The Morgan fingerprint density at radius 3 is 1.36 bits per heavy atom. The molecule has 1 aliphatic rings. The van der Waals surface area contributed by atoms with Crippen LogP contribution in [0.4, 0.5) is 0 Å². The van der Waals surface area contributed by atoms with Gasteiger partial charge in [0.05, 0.1) is 14.2 Å². The van der Waals surface area contributed by atoms with Gasteiger partial charge in [0.1, 0.15) is 12.2 Å². The van der Waals surface area contributed by atoms with E-state index in [4.69, 9.17) is 9.47 Å². The van der Waals surface area contributed by atoms with Crippen LogP contribution < -0.4 is 0 Å². The number of methoxy groups -OCH3 is 2. The minimum atomic E-state index is -0.821. The Bertz CT molecular complexity index is 262. The Kier molecular flexibility index (Phi) is 3.18. The fourth-order valence-corrected chi connectivity index (χ4v) is 1.52. The zero-order valence-corrected chi connectivity index (χ0v) is 8.87. The first kappa shape index (κ1) is 11.1. The molecule has 4 heteroatoms. The van der Waals surface area contributed by atoms with E-state index in [2.05, 4.69) is 0 Å². The van der Waals surface area contributed by atoms with E-state index in [0.29, 0.717) is 11.1 Å². The number of hydrogen-bond donors (Lipinski definition) is 2. The van der Waals surface area contributed by atoms with Crippen molar-refractivity contribution in [3.8, 4) is 0 Å². The summed E-state index contributed by atoms with van der Waals surface area (Å²) in [6, 6.07) is 0. The third-order valence-electron chi connectivity index (χ3n) is 2.62. The highest BCUT2D eigenvalue weighted by molar-refractivity contribution is 5.36. The van der Waals surface area contributed by atoms with Crippen LogP contribution in [0.1, 0.15) is 13.8 Å². The molecule has 0 aromatic rings. The van der Waals surface area contributed by atoms with E-state index in [0.717, 1.165) is 0 Å². The standard InChI is InChI=1S/C10H16O4/c1-5-6(2)8(12)10(14-4)9(13-3)7(5)11/h7-8,11-12H,1-4H3. The normalized spacial score (nSPS) is 28.1. The SMILES string of the molecule is COC1=C(OC)C(O)C(C)=C(C)C1O. The van der Waals surface area contributed by atoms with E-state index < -0.39 is 12.2 Å². The Morgan fingerprint density at radius 1 is 0.857 bits per heavy atom. The molecule has 0 bridgehead atoms. The Morgan fingerprint density at radius 2 is 1.14 bits per heavy atom. The molecule has 0 amide bonds. The van der Waals surface area contributed by atoms with Crippen LogP contribution in [0.5, 0.6) is 0 Å². The lowest BCUT2D eigenvalue weighted by Gasteiger charge is -2.28. The maximum atomic E-state index is 9.80. The van der Waals surface area contributed by atoms with Crippen molar-refractivity contribution in [2.75, 3.05) is 14.2 Å². The van der Waals surface area contributed by atoms with Crippen LogP contribution in [-0.2, 0) is 9.47 Å². The minimum absolute atomic E-state index is 0.281. The molecule has 14 heavy (non-hydrogen) atoms. The quantitative estimate of drug-likeness (QED) is 0.639. The molecule has 0 aromatic heterocycles. The number of ether oxygens (including phenoxy) is 2. The van der Waals surface area contributed by atoms with E-state index >= 15 is 0 Å². The Hall–Kier alpha value is -1.00. The molecule has 4 nitrogen and oxygen atoms in total. The third kappa shape index (κ3) is 1.51. The number of aliphatic hydroxyl groups is 2. The van der Waals surface area contributed by atoms with Crippen molar-refractivity contribution in [3.63, 3.8) is 0 Å². The molecule has 0 saturated carbocycles. The smallest absolute Gasteiger partial charge is 0.169 e. The first-order valence-electron chi connectivity index (χ1n) is 4.40. The summed E-state index contributed by atoms with van der Waals surface area (Å²) in [5, 5.41) is 19.6. The highest BCUT2D eigenvalue weighted by Gasteiger charge is 2.32. The molecule has 0 fully saturated rings. The van der Waals surface area contributed by atoms with Crippen molar-refractivity contribution in [2.45, 2.75) is 26.1 Å². The van der Waals surface area contributed by atoms with Crippen molar-refractivity contribution in [2.24, 2.45) is 0 Å². The van der Waals surface area contributed by atoms with E-state index in [9.17, 15) is 10.2 Å². The maximum Gasteiger partial charge on any atom is 0.169 e. The van der Waals surface area contributed by atoms with Gasteiger partial charge in [-0.2, -0.15) is 0 Å². The first-order chi connectivity index (χ1) is 6.54. The molecule has 2 N–H and O–H groups in total. The monoisotopic (exact) mass is 200 g/mol. The first-order valence-corrected chi connectivity index (χ1v) is 4.40. The third-order valence-corrected chi connectivity index (χ3v) is 2.62. The fourth-order valence-electron chi connectivity index (χ4n) is 1.52. The van der Waals surface area contributed by atoms with Crippen LogP contribution in [0.2, 0.25) is 0 Å². The minimum Gasteiger partial charge on any atom is -0.494 e. The second-order valence-corrected chi connectivity index (χ2v) is 3.31. The summed E-state index contributed by atoms with van der Waals surface area (Å²) < 4.78 is 10.0. The molecule has 0 aliphatic heterocycles. The molecular weight excluding hydrogens is 184 g/mol. The largest absolute Gasteiger partial charge is 0.494 e. The van der Waals surface area contributed by atoms with Crippen LogP contribution in [0.25, 0.3) is 0 Å². The number of hydrogen-bond acceptors (Lipinski definition) is 4. The summed E-state index contributed by atoms with van der Waals surface area (Å²) >= 11 is 0. The van der Waals surface area contributed by atoms with Crippen molar-refractivity contribution in [3.05, 3.63) is 22.7 Å². The van der Waals surface area contributed by atoms with E-state index in [1.54, 1.807) is 13.8 Å².